The van der Waals surface area contributed by atoms with E-state index in [2.05, 4.69) is 25.1 Å². The first-order valence-corrected chi connectivity index (χ1v) is 9.58. The van der Waals surface area contributed by atoms with Crippen LogP contribution in [0.2, 0.25) is 0 Å². The van der Waals surface area contributed by atoms with Crippen molar-refractivity contribution in [3.05, 3.63) is 47.3 Å². The van der Waals surface area contributed by atoms with Gasteiger partial charge in [-0.05, 0) is 18.9 Å². The molecule has 2 aromatic rings. The van der Waals surface area contributed by atoms with E-state index in [1.165, 1.54) is 0 Å². The molecule has 2 aliphatic rings. The second-order valence-electron chi connectivity index (χ2n) is 7.93. The Morgan fingerprint density at radius 1 is 1.37 bits per heavy atom. The van der Waals surface area contributed by atoms with Gasteiger partial charge in [0.25, 0.3) is 5.91 Å². The Kier molecular flexibility index (Phi) is 4.91. The third-order valence-electron chi connectivity index (χ3n) is 5.34. The van der Waals surface area contributed by atoms with Crippen molar-refractivity contribution < 1.29 is 18.8 Å². The molecule has 1 amide bonds. The number of rotatable bonds is 5. The van der Waals surface area contributed by atoms with E-state index in [0.717, 1.165) is 17.9 Å². The molecule has 0 spiro atoms. The van der Waals surface area contributed by atoms with Gasteiger partial charge in [-0.1, -0.05) is 37.2 Å². The first-order chi connectivity index (χ1) is 13.0. The van der Waals surface area contributed by atoms with Gasteiger partial charge in [0.05, 0.1) is 19.3 Å². The molecule has 0 aliphatic carbocycles. The highest BCUT2D eigenvalue weighted by Gasteiger charge is 2.48. The second-order valence-corrected chi connectivity index (χ2v) is 7.93. The molecule has 4 rings (SSSR count). The Morgan fingerprint density at radius 3 is 2.93 bits per heavy atom. The van der Waals surface area contributed by atoms with Crippen molar-refractivity contribution >= 4 is 5.91 Å². The molecular formula is C21H26N2O4. The van der Waals surface area contributed by atoms with Crippen molar-refractivity contribution in [3.63, 3.8) is 0 Å². The minimum Gasteiger partial charge on any atom is -0.493 e. The lowest BCUT2D eigenvalue weighted by Crippen LogP contribution is -2.35. The number of para-hydroxylation sites is 1. The van der Waals surface area contributed by atoms with Gasteiger partial charge >= 0.3 is 0 Å². The van der Waals surface area contributed by atoms with E-state index in [4.69, 9.17) is 14.0 Å². The van der Waals surface area contributed by atoms with Gasteiger partial charge in [-0.3, -0.25) is 4.79 Å². The van der Waals surface area contributed by atoms with Crippen LogP contribution in [0.15, 0.2) is 34.9 Å². The van der Waals surface area contributed by atoms with E-state index in [9.17, 15) is 4.79 Å². The van der Waals surface area contributed by atoms with Crippen LogP contribution in [-0.4, -0.2) is 42.3 Å². The first kappa shape index (κ1) is 18.0. The molecule has 0 radical (unpaired) electrons. The number of hydrogen-bond acceptors (Lipinski definition) is 5. The molecule has 6 heteroatoms. The number of carbonyl (C=O) groups excluding carboxylic acids is 1. The quantitative estimate of drug-likeness (QED) is 0.806. The van der Waals surface area contributed by atoms with Crippen molar-refractivity contribution in [1.29, 1.82) is 0 Å². The predicted octanol–water partition coefficient (Wildman–Crippen LogP) is 3.48. The zero-order chi connectivity index (χ0) is 19.0. The van der Waals surface area contributed by atoms with Crippen LogP contribution in [-0.2, 0) is 4.74 Å². The molecule has 2 aliphatic heterocycles. The summed E-state index contributed by atoms with van der Waals surface area (Å²) in [6.07, 6.45) is 0. The summed E-state index contributed by atoms with van der Waals surface area (Å²) in [5.74, 6) is 2.34. The van der Waals surface area contributed by atoms with Crippen molar-refractivity contribution in [3.8, 4) is 5.75 Å². The molecule has 1 aromatic heterocycles. The number of amides is 1. The fourth-order valence-corrected chi connectivity index (χ4v) is 4.11. The Hall–Kier alpha value is -2.34. The summed E-state index contributed by atoms with van der Waals surface area (Å²) in [5, 5.41) is 3.94. The van der Waals surface area contributed by atoms with E-state index < -0.39 is 0 Å². The van der Waals surface area contributed by atoms with Crippen molar-refractivity contribution in [1.82, 2.24) is 10.1 Å². The van der Waals surface area contributed by atoms with Crippen molar-refractivity contribution in [2.75, 3.05) is 26.4 Å². The number of aryl methyl sites for hydroxylation is 1. The normalized spacial score (nSPS) is 23.9. The SMILES string of the molecule is Cc1cc(C(=O)N2C[C@@H](COCC(C)C)[C@@H]3COc4ccccc4[C@@H]32)no1. The molecule has 1 fully saturated rings. The highest BCUT2D eigenvalue weighted by Crippen LogP contribution is 2.47. The van der Waals surface area contributed by atoms with E-state index >= 15 is 0 Å². The maximum atomic E-state index is 13.2. The standard InChI is InChI=1S/C21H26N2O4/c1-13(2)10-25-11-15-9-23(21(24)18-8-14(3)27-22-18)20-16-6-4-5-7-19(16)26-12-17(15)20/h4-8,13,15,17,20H,9-12H2,1-3H3/t15-,17-,20-/m0/s1. The van der Waals surface area contributed by atoms with E-state index in [1.807, 2.05) is 23.1 Å². The minimum atomic E-state index is -0.0927. The minimum absolute atomic E-state index is 0.0212. The summed E-state index contributed by atoms with van der Waals surface area (Å²) in [5.41, 5.74) is 1.42. The number of hydrogen-bond donors (Lipinski definition) is 0. The Bertz CT molecular complexity index is 816. The van der Waals surface area contributed by atoms with Crippen LogP contribution < -0.4 is 4.74 Å². The third-order valence-corrected chi connectivity index (χ3v) is 5.34. The summed E-state index contributed by atoms with van der Waals surface area (Å²) in [7, 11) is 0. The van der Waals surface area contributed by atoms with Crippen molar-refractivity contribution in [2.45, 2.75) is 26.8 Å². The molecule has 3 heterocycles. The van der Waals surface area contributed by atoms with Gasteiger partial charge in [-0.2, -0.15) is 0 Å². The number of benzene rings is 1. The second kappa shape index (κ2) is 7.35. The van der Waals surface area contributed by atoms with Gasteiger partial charge < -0.3 is 18.9 Å². The third kappa shape index (κ3) is 3.46. The van der Waals surface area contributed by atoms with E-state index in [1.54, 1.807) is 13.0 Å². The summed E-state index contributed by atoms with van der Waals surface area (Å²) in [6.45, 7) is 8.66. The van der Waals surface area contributed by atoms with E-state index in [0.29, 0.717) is 37.1 Å². The molecule has 6 nitrogen and oxygen atoms in total. The molecule has 3 atom stereocenters. The smallest absolute Gasteiger partial charge is 0.276 e. The highest BCUT2D eigenvalue weighted by atomic mass is 16.5. The largest absolute Gasteiger partial charge is 0.493 e. The molecular weight excluding hydrogens is 344 g/mol. The lowest BCUT2D eigenvalue weighted by atomic mass is 9.85. The van der Waals surface area contributed by atoms with Gasteiger partial charge in [-0.15, -0.1) is 0 Å². The monoisotopic (exact) mass is 370 g/mol. The summed E-state index contributed by atoms with van der Waals surface area (Å²) >= 11 is 0. The topological polar surface area (TPSA) is 64.8 Å². The van der Waals surface area contributed by atoms with Gasteiger partial charge in [0.2, 0.25) is 0 Å². The maximum absolute atomic E-state index is 13.2. The van der Waals surface area contributed by atoms with Crippen LogP contribution in [0.1, 0.15) is 41.7 Å². The Morgan fingerprint density at radius 2 is 2.19 bits per heavy atom. The van der Waals surface area contributed by atoms with Crippen LogP contribution in [0, 0.1) is 24.7 Å². The lowest BCUT2D eigenvalue weighted by molar-refractivity contribution is 0.0556. The summed E-state index contributed by atoms with van der Waals surface area (Å²) in [4.78, 5) is 15.1. The maximum Gasteiger partial charge on any atom is 0.276 e. The van der Waals surface area contributed by atoms with Gasteiger partial charge in [-0.25, -0.2) is 0 Å². The number of aromatic nitrogens is 1. The zero-order valence-electron chi connectivity index (χ0n) is 16.1. The van der Waals surface area contributed by atoms with Crippen LogP contribution >= 0.6 is 0 Å². The van der Waals surface area contributed by atoms with E-state index in [-0.39, 0.29) is 23.8 Å². The number of likely N-dealkylation sites (tertiary alicyclic amines) is 1. The van der Waals surface area contributed by atoms with Crippen LogP contribution in [0.25, 0.3) is 0 Å². The molecule has 1 aromatic carbocycles. The first-order valence-electron chi connectivity index (χ1n) is 9.58. The Balaban J connectivity index is 1.62. The molecule has 0 bridgehead atoms. The van der Waals surface area contributed by atoms with Crippen LogP contribution in [0.3, 0.4) is 0 Å². The number of ether oxygens (including phenoxy) is 2. The molecule has 1 saturated heterocycles. The lowest BCUT2D eigenvalue weighted by Gasteiger charge is -2.34. The van der Waals surface area contributed by atoms with Gasteiger partial charge in [0, 0.05) is 36.6 Å². The fourth-order valence-electron chi connectivity index (χ4n) is 4.11. The fraction of sp³-hybridized carbons (Fsp3) is 0.524. The van der Waals surface area contributed by atoms with Gasteiger partial charge in [0.1, 0.15) is 11.5 Å². The highest BCUT2D eigenvalue weighted by molar-refractivity contribution is 5.93. The molecule has 27 heavy (non-hydrogen) atoms. The summed E-state index contributed by atoms with van der Waals surface area (Å²) < 4.78 is 17.1. The number of carbonyl (C=O) groups is 1. The average molecular weight is 370 g/mol. The molecule has 0 N–H and O–H groups in total. The number of nitrogens with zero attached hydrogens (tertiary/aromatic N) is 2. The summed E-state index contributed by atoms with van der Waals surface area (Å²) in [6, 6.07) is 9.66. The molecule has 144 valence electrons. The Labute approximate surface area is 159 Å². The number of fused-ring (bicyclic) bond motifs is 3. The molecule has 0 saturated carbocycles. The van der Waals surface area contributed by atoms with Gasteiger partial charge in [0.15, 0.2) is 5.69 Å². The predicted molar refractivity (Wildman–Crippen MR) is 99.6 cm³/mol. The average Bonchev–Trinajstić information content (AvgIpc) is 3.25. The van der Waals surface area contributed by atoms with Crippen LogP contribution in [0.4, 0.5) is 0 Å². The zero-order valence-corrected chi connectivity index (χ0v) is 16.1. The van der Waals surface area contributed by atoms with Crippen molar-refractivity contribution in [2.24, 2.45) is 17.8 Å². The van der Waals surface area contributed by atoms with Crippen LogP contribution in [0.5, 0.6) is 5.75 Å². The molecule has 0 unspecified atom stereocenters.